The lowest BCUT2D eigenvalue weighted by Crippen LogP contribution is -2.08. The summed E-state index contributed by atoms with van der Waals surface area (Å²) < 4.78 is 56.1. The molecule has 1 aromatic carbocycles. The maximum atomic E-state index is 13.2. The van der Waals surface area contributed by atoms with Crippen LogP contribution in [-0.2, 0) is 6.18 Å². The number of halogens is 5. The molecule has 0 aliphatic rings. The molecule has 2 rings (SSSR count). The van der Waals surface area contributed by atoms with E-state index in [9.17, 15) is 17.6 Å². The Morgan fingerprint density at radius 2 is 1.90 bits per heavy atom. The number of hydrogen-bond acceptors (Lipinski definition) is 4. The highest BCUT2D eigenvalue weighted by molar-refractivity contribution is 6.28. The van der Waals surface area contributed by atoms with E-state index in [1.54, 1.807) is 0 Å². The summed E-state index contributed by atoms with van der Waals surface area (Å²) in [6.07, 6.45) is -4.84. The molecule has 21 heavy (non-hydrogen) atoms. The molecule has 0 radical (unpaired) electrons. The number of aryl methyl sites for hydroxylation is 1. The van der Waals surface area contributed by atoms with Gasteiger partial charge in [-0.05, 0) is 36.7 Å². The van der Waals surface area contributed by atoms with E-state index in [1.165, 1.54) is 6.92 Å². The van der Waals surface area contributed by atoms with Gasteiger partial charge < -0.3 is 10.5 Å². The lowest BCUT2D eigenvalue weighted by Gasteiger charge is -2.12. The molecule has 0 fully saturated rings. The van der Waals surface area contributed by atoms with Crippen LogP contribution in [0.4, 0.5) is 23.2 Å². The van der Waals surface area contributed by atoms with E-state index in [2.05, 4.69) is 9.97 Å². The van der Waals surface area contributed by atoms with Gasteiger partial charge in [0.15, 0.2) is 0 Å². The summed E-state index contributed by atoms with van der Waals surface area (Å²) >= 11 is 5.62. The van der Waals surface area contributed by atoms with Crippen molar-refractivity contribution in [3.05, 3.63) is 40.6 Å². The summed E-state index contributed by atoms with van der Waals surface area (Å²) in [7, 11) is 0. The van der Waals surface area contributed by atoms with Gasteiger partial charge in [0.05, 0.1) is 11.3 Å². The smallest absolute Gasteiger partial charge is 0.419 e. The molecule has 0 saturated carbocycles. The minimum Gasteiger partial charge on any atom is -0.437 e. The van der Waals surface area contributed by atoms with Gasteiger partial charge in [0.1, 0.15) is 17.3 Å². The number of nitrogen functional groups attached to an aromatic ring is 1. The zero-order chi connectivity index (χ0) is 15.8. The SMILES string of the molecule is Cc1nc(Cl)nc(Oc2ccc(F)c(C(F)(F)F)c2)c1N. The first-order valence-electron chi connectivity index (χ1n) is 5.52. The molecule has 0 unspecified atom stereocenters. The Morgan fingerprint density at radius 3 is 2.52 bits per heavy atom. The summed E-state index contributed by atoms with van der Waals surface area (Å²) in [5.41, 5.74) is 4.53. The number of ether oxygens (including phenoxy) is 1. The van der Waals surface area contributed by atoms with Crippen molar-refractivity contribution in [2.24, 2.45) is 0 Å². The minimum atomic E-state index is -4.84. The second-order valence-electron chi connectivity index (χ2n) is 4.04. The molecular weight excluding hydrogens is 314 g/mol. The molecule has 2 aromatic rings. The van der Waals surface area contributed by atoms with Crippen molar-refractivity contribution >= 4 is 17.3 Å². The van der Waals surface area contributed by atoms with E-state index in [4.69, 9.17) is 22.1 Å². The quantitative estimate of drug-likeness (QED) is 0.671. The molecule has 1 aromatic heterocycles. The molecule has 0 amide bonds. The third-order valence-electron chi connectivity index (χ3n) is 2.53. The van der Waals surface area contributed by atoms with Crippen LogP contribution in [0.2, 0.25) is 5.28 Å². The van der Waals surface area contributed by atoms with Crippen LogP contribution in [0.25, 0.3) is 0 Å². The number of nitrogens with zero attached hydrogens (tertiary/aromatic N) is 2. The molecule has 0 bridgehead atoms. The molecule has 0 atom stereocenters. The molecule has 0 saturated heterocycles. The van der Waals surface area contributed by atoms with Gasteiger partial charge in [0.2, 0.25) is 11.2 Å². The van der Waals surface area contributed by atoms with E-state index >= 15 is 0 Å². The van der Waals surface area contributed by atoms with Crippen LogP contribution in [0.15, 0.2) is 18.2 Å². The molecule has 0 aliphatic carbocycles. The van der Waals surface area contributed by atoms with E-state index in [1.807, 2.05) is 0 Å². The normalized spacial score (nSPS) is 11.5. The van der Waals surface area contributed by atoms with E-state index in [0.717, 1.165) is 6.07 Å². The van der Waals surface area contributed by atoms with E-state index in [-0.39, 0.29) is 22.6 Å². The van der Waals surface area contributed by atoms with Gasteiger partial charge in [0, 0.05) is 0 Å². The fourth-order valence-corrected chi connectivity index (χ4v) is 1.70. The fraction of sp³-hybridized carbons (Fsp3) is 0.167. The van der Waals surface area contributed by atoms with Gasteiger partial charge in [0.25, 0.3) is 0 Å². The summed E-state index contributed by atoms with van der Waals surface area (Å²) in [5, 5.41) is -0.171. The highest BCUT2D eigenvalue weighted by atomic mass is 35.5. The lowest BCUT2D eigenvalue weighted by molar-refractivity contribution is -0.140. The van der Waals surface area contributed by atoms with Crippen molar-refractivity contribution < 1.29 is 22.3 Å². The summed E-state index contributed by atoms with van der Waals surface area (Å²) in [6, 6.07) is 2.18. The molecule has 112 valence electrons. The number of aromatic nitrogens is 2. The van der Waals surface area contributed by atoms with Gasteiger partial charge in [-0.3, -0.25) is 0 Å². The zero-order valence-electron chi connectivity index (χ0n) is 10.5. The van der Waals surface area contributed by atoms with Gasteiger partial charge in [-0.25, -0.2) is 9.37 Å². The van der Waals surface area contributed by atoms with Crippen LogP contribution in [-0.4, -0.2) is 9.97 Å². The van der Waals surface area contributed by atoms with Crippen molar-refractivity contribution in [1.29, 1.82) is 0 Å². The summed E-state index contributed by atoms with van der Waals surface area (Å²) in [4.78, 5) is 7.43. The van der Waals surface area contributed by atoms with Crippen molar-refractivity contribution in [2.45, 2.75) is 13.1 Å². The van der Waals surface area contributed by atoms with E-state index < -0.39 is 17.6 Å². The van der Waals surface area contributed by atoms with Crippen LogP contribution in [0.3, 0.4) is 0 Å². The van der Waals surface area contributed by atoms with Crippen molar-refractivity contribution in [3.63, 3.8) is 0 Å². The second-order valence-corrected chi connectivity index (χ2v) is 4.38. The van der Waals surface area contributed by atoms with Gasteiger partial charge >= 0.3 is 6.18 Å². The van der Waals surface area contributed by atoms with Crippen LogP contribution in [0, 0.1) is 12.7 Å². The minimum absolute atomic E-state index is 0.0253. The number of nitrogens with two attached hydrogens (primary N) is 1. The predicted octanol–water partition coefficient (Wildman–Crippen LogP) is 3.97. The first-order chi connectivity index (χ1) is 9.68. The predicted molar refractivity (Wildman–Crippen MR) is 67.7 cm³/mol. The highest BCUT2D eigenvalue weighted by Gasteiger charge is 2.34. The summed E-state index contributed by atoms with van der Waals surface area (Å²) in [5.74, 6) is -1.88. The van der Waals surface area contributed by atoms with Gasteiger partial charge in [-0.2, -0.15) is 18.2 Å². The largest absolute Gasteiger partial charge is 0.437 e. The number of alkyl halides is 3. The Balaban J connectivity index is 2.41. The van der Waals surface area contributed by atoms with Crippen molar-refractivity contribution in [3.8, 4) is 11.6 Å². The number of anilines is 1. The molecule has 4 nitrogen and oxygen atoms in total. The highest BCUT2D eigenvalue weighted by Crippen LogP contribution is 2.35. The first-order valence-corrected chi connectivity index (χ1v) is 5.90. The molecule has 2 N–H and O–H groups in total. The Kier molecular flexibility index (Phi) is 3.91. The summed E-state index contributed by atoms with van der Waals surface area (Å²) in [6.45, 7) is 1.53. The van der Waals surface area contributed by atoms with E-state index in [0.29, 0.717) is 17.8 Å². The third-order valence-corrected chi connectivity index (χ3v) is 2.70. The molecule has 9 heteroatoms. The van der Waals surface area contributed by atoms with Gasteiger partial charge in [-0.1, -0.05) is 0 Å². The number of rotatable bonds is 2. The van der Waals surface area contributed by atoms with Crippen LogP contribution < -0.4 is 10.5 Å². The average Bonchev–Trinajstić information content (AvgIpc) is 2.36. The Hall–Kier alpha value is -2.09. The van der Waals surface area contributed by atoms with Crippen LogP contribution in [0.1, 0.15) is 11.3 Å². The Morgan fingerprint density at radius 1 is 1.24 bits per heavy atom. The Labute approximate surface area is 121 Å². The first kappa shape index (κ1) is 15.3. The topological polar surface area (TPSA) is 61.0 Å². The molecular formula is C12H8ClF4N3O. The molecule has 1 heterocycles. The molecule has 0 spiro atoms. The maximum Gasteiger partial charge on any atom is 0.419 e. The number of hydrogen-bond donors (Lipinski definition) is 1. The van der Waals surface area contributed by atoms with Gasteiger partial charge in [-0.15, -0.1) is 0 Å². The Bertz CT molecular complexity index is 691. The molecule has 0 aliphatic heterocycles. The monoisotopic (exact) mass is 321 g/mol. The number of benzene rings is 1. The van der Waals surface area contributed by atoms with Crippen LogP contribution in [0.5, 0.6) is 11.6 Å². The van der Waals surface area contributed by atoms with Crippen LogP contribution >= 0.6 is 11.6 Å². The average molecular weight is 322 g/mol. The third kappa shape index (κ3) is 3.33. The standard InChI is InChI=1S/C12H8ClF4N3O/c1-5-9(18)10(20-11(13)19-5)21-6-2-3-8(14)7(4-6)12(15,16)17/h2-4H,18H2,1H3. The fourth-order valence-electron chi connectivity index (χ4n) is 1.50. The zero-order valence-corrected chi connectivity index (χ0v) is 11.3. The lowest BCUT2D eigenvalue weighted by atomic mass is 10.2. The maximum absolute atomic E-state index is 13.2. The van der Waals surface area contributed by atoms with Crippen molar-refractivity contribution in [1.82, 2.24) is 9.97 Å². The second kappa shape index (κ2) is 5.36. The van der Waals surface area contributed by atoms with Crippen molar-refractivity contribution in [2.75, 3.05) is 5.73 Å².